The molecule has 72 heavy (non-hydrogen) atoms. The Morgan fingerprint density at radius 3 is 2.07 bits per heavy atom. The average Bonchev–Trinajstić information content (AvgIpc) is 4.16. The number of nitrogens with zero attached hydrogens (tertiary/aromatic N) is 5. The first-order chi connectivity index (χ1) is 35.2. The van der Waals surface area contributed by atoms with Crippen molar-refractivity contribution >= 4 is 82.6 Å². The molecule has 12 aromatic rings. The van der Waals surface area contributed by atoms with E-state index in [1.54, 1.807) is 0 Å². The lowest BCUT2D eigenvalue weighted by Gasteiger charge is -2.54. The number of furan rings is 2. The molecule has 4 aliphatic rings. The fourth-order valence-electron chi connectivity index (χ4n) is 13.7. The van der Waals surface area contributed by atoms with Crippen molar-refractivity contribution in [2.24, 2.45) is 5.92 Å². The van der Waals surface area contributed by atoms with Crippen molar-refractivity contribution in [3.8, 4) is 28.5 Å². The van der Waals surface area contributed by atoms with Crippen LogP contribution in [-0.4, -0.2) is 25.1 Å². The molecule has 2 aliphatic carbocycles. The third-order valence-corrected chi connectivity index (χ3v) is 16.8. The van der Waals surface area contributed by atoms with Crippen LogP contribution in [-0.2, 0) is 10.8 Å². The minimum Gasteiger partial charge on any atom is -0.456 e. The molecule has 4 atom stereocenters. The normalized spacial score (nSPS) is 21.9. The highest BCUT2D eigenvalue weighted by Gasteiger charge is 2.60. The zero-order valence-corrected chi connectivity index (χ0v) is 40.1. The molecule has 8 aromatic carbocycles. The molecular weight excluding hydrogens is 883 g/mol. The fraction of sp³-hybridized carbons (Fsp3) is 0.123. The summed E-state index contributed by atoms with van der Waals surface area (Å²) in [6, 6.07) is 63.1. The lowest BCUT2D eigenvalue weighted by molar-refractivity contribution is 0.459. The standard InChI is InChI=1S/C65H45N5O2/c1-37-32-33-63(2)59-56(37)65(4)49(45-29-28-44-42-20-11-13-23-50(42)69(40-16-7-5-8-17-40)57(44)58(45)70(65)41-18-9-6-10-19-41)36-64(59,3)39-27-31-53-48(35-39)55-46(22-15-25-54(55)72-53)61-66-60(67-62(63)68-61)38-26-30-52-47(34-38)43-21-12-14-24-51(43)71-52/h5-37H,1-4H3. The number of hydrogen-bond acceptors (Lipinski definition) is 6. The summed E-state index contributed by atoms with van der Waals surface area (Å²) in [5.74, 6) is 1.94. The Kier molecular flexibility index (Phi) is 7.63. The van der Waals surface area contributed by atoms with Gasteiger partial charge in [-0.15, -0.1) is 0 Å². The topological polar surface area (TPSA) is 73.1 Å². The number of allylic oxidation sites excluding steroid dienone is 4. The lowest BCUT2D eigenvalue weighted by atomic mass is 9.52. The smallest absolute Gasteiger partial charge is 0.164 e. The second-order valence-electron chi connectivity index (χ2n) is 20.8. The van der Waals surface area contributed by atoms with E-state index in [4.69, 9.17) is 23.8 Å². The Morgan fingerprint density at radius 1 is 0.528 bits per heavy atom. The Morgan fingerprint density at radius 2 is 1.22 bits per heavy atom. The van der Waals surface area contributed by atoms with Crippen molar-refractivity contribution in [2.75, 3.05) is 4.90 Å². The van der Waals surface area contributed by atoms with E-state index in [9.17, 15) is 0 Å². The molecule has 7 heteroatoms. The SMILES string of the molecule is CC1C=CC2(C)C3=C1C1(C)C(=CC3(C)c3ccc4oc5cccc(c5c4c3)-c3nc(-c4ccc5oc6ccccc6c5c4)nc2n3)c2ccc3c4ccccc4n(-c4ccccc4)c3c2N1c1ccccc1. The van der Waals surface area contributed by atoms with Crippen LogP contribution in [0.4, 0.5) is 11.4 Å². The van der Waals surface area contributed by atoms with Crippen LogP contribution in [0.5, 0.6) is 0 Å². The molecule has 16 rings (SSSR count). The second-order valence-corrected chi connectivity index (χ2v) is 20.8. The summed E-state index contributed by atoms with van der Waals surface area (Å²) in [6.45, 7) is 9.64. The van der Waals surface area contributed by atoms with Gasteiger partial charge in [-0.1, -0.05) is 128 Å². The van der Waals surface area contributed by atoms with Gasteiger partial charge in [0, 0.05) is 65.8 Å². The van der Waals surface area contributed by atoms with Gasteiger partial charge >= 0.3 is 0 Å². The summed E-state index contributed by atoms with van der Waals surface area (Å²) in [5.41, 5.74) is 15.1. The highest BCUT2D eigenvalue weighted by Crippen LogP contribution is 2.66. The van der Waals surface area contributed by atoms with Gasteiger partial charge < -0.3 is 18.3 Å². The first-order valence-corrected chi connectivity index (χ1v) is 25.0. The van der Waals surface area contributed by atoms with Gasteiger partial charge in [0.1, 0.15) is 28.2 Å². The van der Waals surface area contributed by atoms with Crippen LogP contribution >= 0.6 is 0 Å². The Hall–Kier alpha value is -8.81. The molecule has 0 amide bonds. The molecule has 0 fully saturated rings. The largest absolute Gasteiger partial charge is 0.456 e. The van der Waals surface area contributed by atoms with Gasteiger partial charge in [0.05, 0.1) is 27.7 Å². The maximum Gasteiger partial charge on any atom is 0.164 e. The van der Waals surface area contributed by atoms with Crippen molar-refractivity contribution in [2.45, 2.75) is 44.1 Å². The molecule has 0 spiro atoms. The first kappa shape index (κ1) is 40.0. The summed E-state index contributed by atoms with van der Waals surface area (Å²) >= 11 is 0. The predicted octanol–water partition coefficient (Wildman–Crippen LogP) is 16.1. The van der Waals surface area contributed by atoms with Crippen LogP contribution in [0, 0.1) is 5.92 Å². The predicted molar refractivity (Wildman–Crippen MR) is 291 cm³/mol. The maximum atomic E-state index is 6.72. The summed E-state index contributed by atoms with van der Waals surface area (Å²) in [7, 11) is 0. The third-order valence-electron chi connectivity index (χ3n) is 16.8. The number of hydrogen-bond donors (Lipinski definition) is 0. The third kappa shape index (κ3) is 4.97. The molecule has 4 aromatic heterocycles. The number of aromatic nitrogens is 4. The maximum absolute atomic E-state index is 6.72. The number of rotatable bonds is 3. The van der Waals surface area contributed by atoms with Gasteiger partial charge in [-0.05, 0) is 122 Å². The van der Waals surface area contributed by atoms with Crippen molar-refractivity contribution in [3.63, 3.8) is 0 Å². The van der Waals surface area contributed by atoms with Gasteiger partial charge in [0.15, 0.2) is 11.6 Å². The first-order valence-electron chi connectivity index (χ1n) is 25.0. The van der Waals surface area contributed by atoms with Crippen molar-refractivity contribution in [1.82, 2.24) is 19.5 Å². The highest BCUT2D eigenvalue weighted by atomic mass is 16.3. The Labute approximate surface area is 414 Å². The van der Waals surface area contributed by atoms with Crippen LogP contribution in [0.25, 0.3) is 99.7 Å². The summed E-state index contributed by atoms with van der Waals surface area (Å²) in [6.07, 6.45) is 7.43. The van der Waals surface area contributed by atoms with Crippen molar-refractivity contribution < 1.29 is 8.83 Å². The minimum atomic E-state index is -0.812. The van der Waals surface area contributed by atoms with Gasteiger partial charge in [-0.2, -0.15) is 0 Å². The molecule has 0 saturated carbocycles. The summed E-state index contributed by atoms with van der Waals surface area (Å²) in [4.78, 5) is 19.4. The molecular formula is C65H45N5O2. The zero-order valence-electron chi connectivity index (χ0n) is 40.1. The average molecular weight is 928 g/mol. The molecule has 0 N–H and O–H groups in total. The molecule has 0 saturated heterocycles. The second kappa shape index (κ2) is 13.7. The monoisotopic (exact) mass is 927 g/mol. The van der Waals surface area contributed by atoms with Gasteiger partial charge in [0.25, 0.3) is 0 Å². The molecule has 2 aliphatic heterocycles. The van der Waals surface area contributed by atoms with Gasteiger partial charge in [0.2, 0.25) is 0 Å². The number of anilines is 2. The van der Waals surface area contributed by atoms with Gasteiger partial charge in [-0.3, -0.25) is 0 Å². The van der Waals surface area contributed by atoms with E-state index in [0.717, 1.165) is 66.4 Å². The van der Waals surface area contributed by atoms with Crippen LogP contribution < -0.4 is 4.90 Å². The Balaban J connectivity index is 1.05. The van der Waals surface area contributed by atoms with E-state index in [-0.39, 0.29) is 5.92 Å². The molecule has 0 radical (unpaired) electrons. The van der Waals surface area contributed by atoms with E-state index in [1.807, 2.05) is 18.2 Å². The van der Waals surface area contributed by atoms with E-state index in [1.165, 1.54) is 55.3 Å². The molecule has 4 bridgehead atoms. The van der Waals surface area contributed by atoms with E-state index >= 15 is 0 Å². The van der Waals surface area contributed by atoms with Crippen LogP contribution in [0.2, 0.25) is 0 Å². The Bertz CT molecular complexity index is 4480. The van der Waals surface area contributed by atoms with Gasteiger partial charge in [-0.25, -0.2) is 15.0 Å². The fourth-order valence-corrected chi connectivity index (χ4v) is 13.7. The summed E-state index contributed by atoms with van der Waals surface area (Å²) in [5, 5.41) is 6.56. The van der Waals surface area contributed by atoms with E-state index in [2.05, 4.69) is 213 Å². The quantitative estimate of drug-likeness (QED) is 0.164. The van der Waals surface area contributed by atoms with Crippen molar-refractivity contribution in [1.29, 1.82) is 0 Å². The number of para-hydroxylation sites is 4. The lowest BCUT2D eigenvalue weighted by Crippen LogP contribution is -2.53. The van der Waals surface area contributed by atoms with E-state index in [0.29, 0.717) is 17.5 Å². The molecule has 4 unspecified atom stereocenters. The zero-order chi connectivity index (χ0) is 47.8. The minimum absolute atomic E-state index is 0.0290. The number of benzene rings is 8. The van der Waals surface area contributed by atoms with Crippen LogP contribution in [0.3, 0.4) is 0 Å². The molecule has 7 nitrogen and oxygen atoms in total. The van der Waals surface area contributed by atoms with E-state index < -0.39 is 16.4 Å². The van der Waals surface area contributed by atoms with Crippen LogP contribution in [0.1, 0.15) is 44.6 Å². The van der Waals surface area contributed by atoms with Crippen molar-refractivity contribution in [3.05, 3.63) is 222 Å². The highest BCUT2D eigenvalue weighted by molar-refractivity contribution is 6.19. The number of fused-ring (bicyclic) bond motifs is 17. The molecule has 6 heterocycles. The molecule has 342 valence electrons. The summed E-state index contributed by atoms with van der Waals surface area (Å²) < 4.78 is 15.5. The van der Waals surface area contributed by atoms with Crippen LogP contribution in [0.15, 0.2) is 214 Å².